The van der Waals surface area contributed by atoms with Crippen LogP contribution in [0, 0.1) is 0 Å². The van der Waals surface area contributed by atoms with Gasteiger partial charge in [0, 0.05) is 35.4 Å². The van der Waals surface area contributed by atoms with E-state index in [2.05, 4.69) is 10.2 Å². The van der Waals surface area contributed by atoms with Crippen LogP contribution in [0.25, 0.3) is 11.4 Å². The van der Waals surface area contributed by atoms with Gasteiger partial charge in [0.15, 0.2) is 16.8 Å². The highest BCUT2D eigenvalue weighted by Crippen LogP contribution is 2.24. The maximum absolute atomic E-state index is 12.1. The summed E-state index contributed by atoms with van der Waals surface area (Å²) < 4.78 is 1.97. The number of thioether (sulfide) groups is 1. The summed E-state index contributed by atoms with van der Waals surface area (Å²) in [6.45, 7) is 0. The van der Waals surface area contributed by atoms with E-state index in [-0.39, 0.29) is 5.78 Å². The molecule has 0 radical (unpaired) electrons. The standard InChI is InChI=1S/C19H18ClN3OS/c1-23-18(15-9-11-16(20)12-10-15)21-22-19(23)25-13-5-8-17(24)14-6-3-2-4-7-14/h2-4,6-7,9-12H,5,8,13H2,1H3. The van der Waals surface area contributed by atoms with E-state index in [0.29, 0.717) is 11.4 Å². The van der Waals surface area contributed by atoms with Crippen molar-refractivity contribution in [2.24, 2.45) is 7.05 Å². The summed E-state index contributed by atoms with van der Waals surface area (Å²) >= 11 is 7.54. The van der Waals surface area contributed by atoms with Gasteiger partial charge in [0.2, 0.25) is 0 Å². The number of hydrogen-bond acceptors (Lipinski definition) is 4. The molecular weight excluding hydrogens is 354 g/mol. The molecule has 0 spiro atoms. The summed E-state index contributed by atoms with van der Waals surface area (Å²) in [5, 5.41) is 10.0. The third kappa shape index (κ3) is 4.50. The van der Waals surface area contributed by atoms with Gasteiger partial charge in [-0.15, -0.1) is 10.2 Å². The molecule has 0 bridgehead atoms. The molecule has 0 saturated carbocycles. The van der Waals surface area contributed by atoms with Gasteiger partial charge in [0.05, 0.1) is 0 Å². The van der Waals surface area contributed by atoms with Gasteiger partial charge in [-0.25, -0.2) is 0 Å². The Morgan fingerprint density at radius 3 is 2.52 bits per heavy atom. The van der Waals surface area contributed by atoms with Gasteiger partial charge in [-0.2, -0.15) is 0 Å². The summed E-state index contributed by atoms with van der Waals surface area (Å²) in [7, 11) is 1.95. The topological polar surface area (TPSA) is 47.8 Å². The maximum atomic E-state index is 12.1. The van der Waals surface area contributed by atoms with Crippen LogP contribution in [0.5, 0.6) is 0 Å². The monoisotopic (exact) mass is 371 g/mol. The molecule has 25 heavy (non-hydrogen) atoms. The van der Waals surface area contributed by atoms with Crippen molar-refractivity contribution in [3.63, 3.8) is 0 Å². The lowest BCUT2D eigenvalue weighted by Crippen LogP contribution is -2.00. The Labute approximate surface area is 156 Å². The first-order chi connectivity index (χ1) is 12.1. The lowest BCUT2D eigenvalue weighted by molar-refractivity contribution is 0.0982. The number of aromatic nitrogens is 3. The molecule has 4 nitrogen and oxygen atoms in total. The zero-order valence-corrected chi connectivity index (χ0v) is 15.4. The van der Waals surface area contributed by atoms with E-state index in [1.54, 1.807) is 11.8 Å². The fourth-order valence-electron chi connectivity index (χ4n) is 2.46. The number of carbonyl (C=O) groups excluding carboxylic acids is 1. The summed E-state index contributed by atoms with van der Waals surface area (Å²) in [5.74, 6) is 1.81. The molecule has 2 aromatic carbocycles. The molecule has 0 aliphatic rings. The van der Waals surface area contributed by atoms with E-state index in [1.807, 2.05) is 66.2 Å². The smallest absolute Gasteiger partial charge is 0.191 e. The normalized spacial score (nSPS) is 10.8. The minimum Gasteiger partial charge on any atom is -0.305 e. The van der Waals surface area contributed by atoms with Crippen LogP contribution in [0.15, 0.2) is 59.8 Å². The van der Waals surface area contributed by atoms with E-state index >= 15 is 0 Å². The van der Waals surface area contributed by atoms with Crippen LogP contribution >= 0.6 is 23.4 Å². The number of Topliss-reactive ketones (excluding diaryl/α,β-unsaturated/α-hetero) is 1. The predicted molar refractivity (Wildman–Crippen MR) is 102 cm³/mol. The Morgan fingerprint density at radius 2 is 1.80 bits per heavy atom. The molecule has 0 unspecified atom stereocenters. The van der Waals surface area contributed by atoms with Crippen molar-refractivity contribution >= 4 is 29.1 Å². The molecule has 128 valence electrons. The quantitative estimate of drug-likeness (QED) is 0.337. The van der Waals surface area contributed by atoms with Crippen LogP contribution in [0.2, 0.25) is 5.02 Å². The number of carbonyl (C=O) groups is 1. The summed E-state index contributed by atoms with van der Waals surface area (Å²) in [6, 6.07) is 16.9. The highest BCUT2D eigenvalue weighted by Gasteiger charge is 2.11. The van der Waals surface area contributed by atoms with Crippen molar-refractivity contribution < 1.29 is 4.79 Å². The zero-order valence-electron chi connectivity index (χ0n) is 13.9. The number of nitrogens with zero attached hydrogens (tertiary/aromatic N) is 3. The van der Waals surface area contributed by atoms with Crippen LogP contribution in [0.4, 0.5) is 0 Å². The second kappa shape index (κ2) is 8.32. The number of rotatable bonds is 7. The highest BCUT2D eigenvalue weighted by atomic mass is 35.5. The Bertz CT molecular complexity index is 847. The van der Waals surface area contributed by atoms with Crippen molar-refractivity contribution in [3.8, 4) is 11.4 Å². The van der Waals surface area contributed by atoms with Gasteiger partial charge in [-0.05, 0) is 30.7 Å². The third-order valence-electron chi connectivity index (χ3n) is 3.81. The summed E-state index contributed by atoms with van der Waals surface area (Å²) in [6.07, 6.45) is 1.35. The molecule has 0 aliphatic heterocycles. The van der Waals surface area contributed by atoms with Crippen molar-refractivity contribution in [2.45, 2.75) is 18.0 Å². The molecule has 3 aromatic rings. The van der Waals surface area contributed by atoms with Crippen LogP contribution in [0.1, 0.15) is 23.2 Å². The van der Waals surface area contributed by atoms with Crippen LogP contribution in [0.3, 0.4) is 0 Å². The van der Waals surface area contributed by atoms with Crippen molar-refractivity contribution in [1.82, 2.24) is 14.8 Å². The molecule has 3 rings (SSSR count). The van der Waals surface area contributed by atoms with Crippen molar-refractivity contribution in [3.05, 3.63) is 65.2 Å². The number of ketones is 1. The van der Waals surface area contributed by atoms with Crippen molar-refractivity contribution in [1.29, 1.82) is 0 Å². The zero-order chi connectivity index (χ0) is 17.6. The first-order valence-corrected chi connectivity index (χ1v) is 9.38. The molecule has 1 heterocycles. The lowest BCUT2D eigenvalue weighted by Gasteiger charge is -2.04. The molecule has 0 aliphatic carbocycles. The molecular formula is C19H18ClN3OS. The lowest BCUT2D eigenvalue weighted by atomic mass is 10.1. The van der Waals surface area contributed by atoms with Gasteiger partial charge in [0.25, 0.3) is 0 Å². The van der Waals surface area contributed by atoms with Gasteiger partial charge in [0.1, 0.15) is 0 Å². The molecule has 0 N–H and O–H groups in total. The number of halogens is 1. The van der Waals surface area contributed by atoms with E-state index in [1.165, 1.54) is 0 Å². The fourth-order valence-corrected chi connectivity index (χ4v) is 3.43. The Morgan fingerprint density at radius 1 is 1.08 bits per heavy atom. The average Bonchev–Trinajstić information content (AvgIpc) is 3.01. The van der Waals surface area contributed by atoms with E-state index < -0.39 is 0 Å². The highest BCUT2D eigenvalue weighted by molar-refractivity contribution is 7.99. The van der Waals surface area contributed by atoms with E-state index in [9.17, 15) is 4.79 Å². The predicted octanol–water partition coefficient (Wildman–Crippen LogP) is 4.89. The number of benzene rings is 2. The van der Waals surface area contributed by atoms with Gasteiger partial charge >= 0.3 is 0 Å². The molecule has 0 fully saturated rings. The van der Waals surface area contributed by atoms with Gasteiger partial charge in [-0.3, -0.25) is 4.79 Å². The minimum atomic E-state index is 0.181. The van der Waals surface area contributed by atoms with Gasteiger partial charge in [-0.1, -0.05) is 53.7 Å². The molecule has 0 amide bonds. The Balaban J connectivity index is 1.54. The molecule has 1 aromatic heterocycles. The first-order valence-electron chi connectivity index (χ1n) is 8.01. The SMILES string of the molecule is Cn1c(SCCCC(=O)c2ccccc2)nnc1-c1ccc(Cl)cc1. The summed E-state index contributed by atoms with van der Waals surface area (Å²) in [5.41, 5.74) is 1.75. The molecule has 0 atom stereocenters. The Hall–Kier alpha value is -2.11. The second-order valence-electron chi connectivity index (χ2n) is 5.61. The van der Waals surface area contributed by atoms with Crippen LogP contribution in [-0.2, 0) is 7.05 Å². The summed E-state index contributed by atoms with van der Waals surface area (Å²) in [4.78, 5) is 12.1. The second-order valence-corrected chi connectivity index (χ2v) is 7.11. The van der Waals surface area contributed by atoms with E-state index in [0.717, 1.165) is 34.3 Å². The van der Waals surface area contributed by atoms with Gasteiger partial charge < -0.3 is 4.57 Å². The maximum Gasteiger partial charge on any atom is 0.191 e. The average molecular weight is 372 g/mol. The fraction of sp³-hybridized carbons (Fsp3) is 0.211. The third-order valence-corrected chi connectivity index (χ3v) is 5.17. The van der Waals surface area contributed by atoms with Crippen LogP contribution < -0.4 is 0 Å². The molecule has 6 heteroatoms. The van der Waals surface area contributed by atoms with Crippen LogP contribution in [-0.4, -0.2) is 26.3 Å². The molecule has 0 saturated heterocycles. The van der Waals surface area contributed by atoms with Crippen molar-refractivity contribution in [2.75, 3.05) is 5.75 Å². The van der Waals surface area contributed by atoms with E-state index in [4.69, 9.17) is 11.6 Å². The Kier molecular flexibility index (Phi) is 5.89. The number of hydrogen-bond donors (Lipinski definition) is 0. The first kappa shape index (κ1) is 17.7. The minimum absolute atomic E-state index is 0.181. The largest absolute Gasteiger partial charge is 0.305 e.